The van der Waals surface area contributed by atoms with Crippen molar-refractivity contribution in [3.8, 4) is 10.4 Å². The van der Waals surface area contributed by atoms with Gasteiger partial charge in [0.25, 0.3) is 0 Å². The first-order valence-electron chi connectivity index (χ1n) is 5.13. The summed E-state index contributed by atoms with van der Waals surface area (Å²) >= 11 is 1.73. The summed E-state index contributed by atoms with van der Waals surface area (Å²) in [6.07, 6.45) is 2.52. The smallest absolute Gasteiger partial charge is 0.130 e. The van der Waals surface area contributed by atoms with E-state index in [0.717, 1.165) is 11.4 Å². The van der Waals surface area contributed by atoms with E-state index < -0.39 is 0 Å². The van der Waals surface area contributed by atoms with Gasteiger partial charge in [0.2, 0.25) is 0 Å². The Morgan fingerprint density at radius 1 is 1.53 bits per heavy atom. The summed E-state index contributed by atoms with van der Waals surface area (Å²) in [6, 6.07) is 4.17. The number of aromatic nitrogens is 2. The van der Waals surface area contributed by atoms with Crippen LogP contribution in [0, 0.1) is 0 Å². The first-order valence-corrected chi connectivity index (χ1v) is 6.01. The van der Waals surface area contributed by atoms with E-state index in [4.69, 9.17) is 5.73 Å². The van der Waals surface area contributed by atoms with Crippen molar-refractivity contribution >= 4 is 17.2 Å². The van der Waals surface area contributed by atoms with Crippen LogP contribution in [0.15, 0.2) is 17.5 Å². The minimum absolute atomic E-state index is 0.644. The van der Waals surface area contributed by atoms with Crippen LogP contribution in [0.25, 0.3) is 10.4 Å². The minimum atomic E-state index is 0.644. The van der Waals surface area contributed by atoms with Crippen LogP contribution < -0.4 is 5.73 Å². The van der Waals surface area contributed by atoms with Crippen LogP contribution in [0.2, 0.25) is 0 Å². The van der Waals surface area contributed by atoms with Gasteiger partial charge in [0.15, 0.2) is 0 Å². The number of nitrogen functional groups attached to an aromatic ring is 1. The second-order valence-electron chi connectivity index (χ2n) is 4.02. The molecule has 2 aromatic heterocycles. The summed E-state index contributed by atoms with van der Waals surface area (Å²) < 4.78 is 1.79. The third kappa shape index (κ3) is 1.36. The number of rotatable bonds is 2. The first kappa shape index (κ1) is 8.97. The van der Waals surface area contributed by atoms with Gasteiger partial charge >= 0.3 is 0 Å². The van der Waals surface area contributed by atoms with Crippen molar-refractivity contribution in [1.29, 1.82) is 0 Å². The zero-order valence-corrected chi connectivity index (χ0v) is 9.42. The maximum atomic E-state index is 6.07. The maximum Gasteiger partial charge on any atom is 0.130 e. The second kappa shape index (κ2) is 3.10. The fourth-order valence-electron chi connectivity index (χ4n) is 1.87. The van der Waals surface area contributed by atoms with Gasteiger partial charge in [-0.1, -0.05) is 6.07 Å². The van der Waals surface area contributed by atoms with Crippen molar-refractivity contribution in [1.82, 2.24) is 9.78 Å². The van der Waals surface area contributed by atoms with Crippen LogP contribution in [0.3, 0.4) is 0 Å². The molecule has 0 radical (unpaired) electrons. The molecular weight excluding hydrogens is 206 g/mol. The van der Waals surface area contributed by atoms with Crippen LogP contribution >= 0.6 is 11.3 Å². The molecule has 2 N–H and O–H groups in total. The van der Waals surface area contributed by atoms with Gasteiger partial charge in [0.05, 0.1) is 11.3 Å². The molecule has 2 aromatic rings. The Labute approximate surface area is 92.5 Å². The fraction of sp³-hybridized carbons (Fsp3) is 0.364. The topological polar surface area (TPSA) is 43.8 Å². The highest BCUT2D eigenvalue weighted by Gasteiger charge is 2.31. The SMILES string of the molecule is Cn1nc(C2CC2)c(-c2cccs2)c1N. The molecule has 0 spiro atoms. The number of hydrogen-bond donors (Lipinski definition) is 1. The van der Waals surface area contributed by atoms with Crippen molar-refractivity contribution in [2.45, 2.75) is 18.8 Å². The van der Waals surface area contributed by atoms with E-state index in [1.165, 1.54) is 23.4 Å². The monoisotopic (exact) mass is 219 g/mol. The molecule has 0 unspecified atom stereocenters. The van der Waals surface area contributed by atoms with Crippen LogP contribution in [0.4, 0.5) is 5.82 Å². The molecule has 3 rings (SSSR count). The minimum Gasteiger partial charge on any atom is -0.383 e. The maximum absolute atomic E-state index is 6.07. The number of hydrogen-bond acceptors (Lipinski definition) is 3. The van der Waals surface area contributed by atoms with Crippen LogP contribution in [0.5, 0.6) is 0 Å². The van der Waals surface area contributed by atoms with Gasteiger partial charge in [-0.3, -0.25) is 4.68 Å². The quantitative estimate of drug-likeness (QED) is 0.843. The molecular formula is C11H13N3S. The molecule has 0 bridgehead atoms. The predicted molar refractivity (Wildman–Crippen MR) is 62.9 cm³/mol. The second-order valence-corrected chi connectivity index (χ2v) is 4.97. The Morgan fingerprint density at radius 2 is 2.33 bits per heavy atom. The summed E-state index contributed by atoms with van der Waals surface area (Å²) in [6.45, 7) is 0. The van der Waals surface area contributed by atoms with Crippen molar-refractivity contribution in [2.75, 3.05) is 5.73 Å². The molecule has 0 aromatic carbocycles. The van der Waals surface area contributed by atoms with E-state index in [2.05, 4.69) is 22.6 Å². The van der Waals surface area contributed by atoms with Crippen molar-refractivity contribution in [3.05, 3.63) is 23.2 Å². The lowest BCUT2D eigenvalue weighted by molar-refractivity contribution is 0.753. The molecule has 4 heteroatoms. The van der Waals surface area contributed by atoms with E-state index in [1.807, 2.05) is 7.05 Å². The highest BCUT2D eigenvalue weighted by Crippen LogP contribution is 2.46. The first-order chi connectivity index (χ1) is 7.27. The van der Waals surface area contributed by atoms with E-state index >= 15 is 0 Å². The van der Waals surface area contributed by atoms with Gasteiger partial charge in [-0.15, -0.1) is 11.3 Å². The number of thiophene rings is 1. The summed E-state index contributed by atoms with van der Waals surface area (Å²) in [5.41, 5.74) is 8.42. The lowest BCUT2D eigenvalue weighted by Gasteiger charge is -1.98. The third-order valence-corrected chi connectivity index (χ3v) is 3.74. The molecule has 3 nitrogen and oxygen atoms in total. The summed E-state index contributed by atoms with van der Waals surface area (Å²) in [4.78, 5) is 1.24. The Morgan fingerprint density at radius 3 is 2.93 bits per heavy atom. The number of nitrogens with two attached hydrogens (primary N) is 1. The van der Waals surface area contributed by atoms with Gasteiger partial charge in [0.1, 0.15) is 5.82 Å². The van der Waals surface area contributed by atoms with Gasteiger partial charge < -0.3 is 5.73 Å². The zero-order chi connectivity index (χ0) is 10.4. The lowest BCUT2D eigenvalue weighted by atomic mass is 10.1. The van der Waals surface area contributed by atoms with E-state index in [-0.39, 0.29) is 0 Å². The molecule has 0 atom stereocenters. The lowest BCUT2D eigenvalue weighted by Crippen LogP contribution is -1.97. The van der Waals surface area contributed by atoms with E-state index in [9.17, 15) is 0 Å². The molecule has 1 aliphatic rings. The van der Waals surface area contributed by atoms with Gasteiger partial charge in [-0.25, -0.2) is 0 Å². The zero-order valence-electron chi connectivity index (χ0n) is 8.60. The molecule has 1 aliphatic carbocycles. The number of aryl methyl sites for hydroxylation is 1. The van der Waals surface area contributed by atoms with Crippen molar-refractivity contribution in [3.63, 3.8) is 0 Å². The Hall–Kier alpha value is -1.29. The molecule has 1 saturated carbocycles. The third-order valence-electron chi connectivity index (χ3n) is 2.85. The number of nitrogens with zero attached hydrogens (tertiary/aromatic N) is 2. The molecule has 15 heavy (non-hydrogen) atoms. The molecule has 1 fully saturated rings. The molecule has 0 amide bonds. The Bertz CT molecular complexity index is 480. The Kier molecular flexibility index (Phi) is 1.85. The van der Waals surface area contributed by atoms with Crippen molar-refractivity contribution in [2.24, 2.45) is 7.05 Å². The average Bonchev–Trinajstić information content (AvgIpc) is 2.85. The normalized spacial score (nSPS) is 15.8. The summed E-state index contributed by atoms with van der Waals surface area (Å²) in [5.74, 6) is 1.44. The average molecular weight is 219 g/mol. The molecule has 0 saturated heterocycles. The molecule has 0 aliphatic heterocycles. The van der Waals surface area contributed by atoms with E-state index in [1.54, 1.807) is 16.0 Å². The highest BCUT2D eigenvalue weighted by molar-refractivity contribution is 7.13. The van der Waals surface area contributed by atoms with Crippen LogP contribution in [-0.4, -0.2) is 9.78 Å². The van der Waals surface area contributed by atoms with Crippen LogP contribution in [0.1, 0.15) is 24.5 Å². The van der Waals surface area contributed by atoms with Crippen molar-refractivity contribution < 1.29 is 0 Å². The largest absolute Gasteiger partial charge is 0.383 e. The predicted octanol–water partition coefficient (Wildman–Crippen LogP) is 2.61. The molecule has 78 valence electrons. The highest BCUT2D eigenvalue weighted by atomic mass is 32.1. The summed E-state index contributed by atoms with van der Waals surface area (Å²) in [7, 11) is 1.92. The van der Waals surface area contributed by atoms with Gasteiger partial charge in [-0.05, 0) is 24.3 Å². The fourth-order valence-corrected chi connectivity index (χ4v) is 2.66. The van der Waals surface area contributed by atoms with E-state index in [0.29, 0.717) is 5.92 Å². The summed E-state index contributed by atoms with van der Waals surface area (Å²) in [5, 5.41) is 6.61. The Balaban J connectivity index is 2.19. The van der Waals surface area contributed by atoms with Gasteiger partial charge in [0, 0.05) is 17.8 Å². The van der Waals surface area contributed by atoms with Crippen LogP contribution in [-0.2, 0) is 7.05 Å². The molecule has 2 heterocycles. The standard InChI is InChI=1S/C11H13N3S/c1-14-11(12)9(8-3-2-6-15-8)10(13-14)7-4-5-7/h2-3,6-7H,4-5,12H2,1H3. The van der Waals surface area contributed by atoms with Gasteiger partial charge in [-0.2, -0.15) is 5.10 Å². The number of anilines is 1.